The van der Waals surface area contributed by atoms with Crippen LogP contribution in [0, 0.1) is 0 Å². The number of anilines is 1. The molecule has 1 aliphatic heterocycles. The van der Waals surface area contributed by atoms with E-state index in [1.165, 1.54) is 12.3 Å². The Morgan fingerprint density at radius 3 is 2.68 bits per heavy atom. The molecule has 0 radical (unpaired) electrons. The molecule has 0 bridgehead atoms. The van der Waals surface area contributed by atoms with Gasteiger partial charge in [0.05, 0.1) is 13.2 Å². The highest BCUT2D eigenvalue weighted by Gasteiger charge is 2.27. The lowest BCUT2D eigenvalue weighted by molar-refractivity contribution is -0.134. The Bertz CT molecular complexity index is 709. The van der Waals surface area contributed by atoms with Gasteiger partial charge >= 0.3 is 6.18 Å². The summed E-state index contributed by atoms with van der Waals surface area (Å²) in [4.78, 5) is 10.4. The fourth-order valence-electron chi connectivity index (χ4n) is 2.66. The van der Waals surface area contributed by atoms with Crippen LogP contribution < -0.4 is 4.90 Å². The van der Waals surface area contributed by atoms with E-state index in [0.717, 1.165) is 5.56 Å². The smallest absolute Gasteiger partial charge is 0.370 e. The maximum atomic E-state index is 12.4. The fourth-order valence-corrected chi connectivity index (χ4v) is 2.78. The molecule has 1 aliphatic rings. The molecule has 2 heterocycles. The number of alkyl halides is 3. The van der Waals surface area contributed by atoms with E-state index >= 15 is 0 Å². The Labute approximate surface area is 148 Å². The Kier molecular flexibility index (Phi) is 5.44. The topological polar surface area (TPSA) is 38.2 Å². The molecule has 1 saturated heterocycles. The van der Waals surface area contributed by atoms with E-state index in [2.05, 4.69) is 9.97 Å². The predicted molar refractivity (Wildman–Crippen MR) is 88.8 cm³/mol. The molecule has 8 heteroatoms. The van der Waals surface area contributed by atoms with Crippen molar-refractivity contribution in [2.24, 2.45) is 0 Å². The quantitative estimate of drug-likeness (QED) is 0.807. The van der Waals surface area contributed by atoms with Gasteiger partial charge in [0.15, 0.2) is 0 Å². The van der Waals surface area contributed by atoms with Crippen LogP contribution in [0.15, 0.2) is 36.5 Å². The summed E-state index contributed by atoms with van der Waals surface area (Å²) in [7, 11) is 0. The number of halogens is 4. The molecule has 134 valence electrons. The van der Waals surface area contributed by atoms with Crippen LogP contribution in [0.4, 0.5) is 19.1 Å². The molecule has 1 fully saturated rings. The van der Waals surface area contributed by atoms with Gasteiger partial charge in [-0.1, -0.05) is 23.7 Å². The molecule has 0 unspecified atom stereocenters. The average molecular weight is 372 g/mol. The van der Waals surface area contributed by atoms with Gasteiger partial charge in [-0.05, 0) is 30.2 Å². The van der Waals surface area contributed by atoms with Crippen molar-refractivity contribution in [1.82, 2.24) is 9.97 Å². The fraction of sp³-hybridized carbons (Fsp3) is 0.412. The first-order valence-electron chi connectivity index (χ1n) is 7.91. The van der Waals surface area contributed by atoms with Crippen LogP contribution in [0.2, 0.25) is 5.02 Å². The normalized spacial score (nSPS) is 18.4. The summed E-state index contributed by atoms with van der Waals surface area (Å²) >= 11 is 5.90. The van der Waals surface area contributed by atoms with Crippen LogP contribution in [0.3, 0.4) is 0 Å². The highest BCUT2D eigenvalue weighted by Crippen LogP contribution is 2.26. The minimum absolute atomic E-state index is 0.149. The summed E-state index contributed by atoms with van der Waals surface area (Å²) in [5.74, 6) is 0.432. The third kappa shape index (κ3) is 5.06. The van der Waals surface area contributed by atoms with E-state index in [1.54, 1.807) is 12.1 Å². The largest absolute Gasteiger partial charge is 0.389 e. The second-order valence-corrected chi connectivity index (χ2v) is 6.26. The monoisotopic (exact) mass is 371 g/mol. The molecule has 0 aliphatic carbocycles. The highest BCUT2D eigenvalue weighted by molar-refractivity contribution is 6.30. The van der Waals surface area contributed by atoms with Crippen molar-refractivity contribution < 1.29 is 17.9 Å². The maximum Gasteiger partial charge on any atom is 0.389 e. The first kappa shape index (κ1) is 17.9. The molecular weight excluding hydrogens is 355 g/mol. The van der Waals surface area contributed by atoms with Crippen LogP contribution in [0.5, 0.6) is 0 Å². The molecule has 0 spiro atoms. The summed E-state index contributed by atoms with van der Waals surface area (Å²) in [6.45, 7) is 1.61. The summed E-state index contributed by atoms with van der Waals surface area (Å²) in [5.41, 5.74) is 1.37. The zero-order valence-corrected chi connectivity index (χ0v) is 14.1. The number of aryl methyl sites for hydroxylation is 1. The minimum atomic E-state index is -4.19. The van der Waals surface area contributed by atoms with Crippen LogP contribution in [0.1, 0.15) is 23.8 Å². The van der Waals surface area contributed by atoms with Crippen LogP contribution in [-0.2, 0) is 11.2 Å². The zero-order chi connectivity index (χ0) is 17.9. The Morgan fingerprint density at radius 2 is 1.96 bits per heavy atom. The third-order valence-electron chi connectivity index (χ3n) is 3.96. The van der Waals surface area contributed by atoms with Gasteiger partial charge in [0, 0.05) is 29.9 Å². The Balaban J connectivity index is 1.69. The number of rotatable bonds is 4. The molecule has 0 amide bonds. The maximum absolute atomic E-state index is 12.4. The number of hydrogen-bond donors (Lipinski definition) is 0. The van der Waals surface area contributed by atoms with Gasteiger partial charge in [0.1, 0.15) is 6.10 Å². The van der Waals surface area contributed by atoms with Gasteiger partial charge in [0.25, 0.3) is 0 Å². The molecule has 1 aromatic heterocycles. The first-order valence-corrected chi connectivity index (χ1v) is 8.29. The van der Waals surface area contributed by atoms with Crippen molar-refractivity contribution in [3.63, 3.8) is 0 Å². The molecular formula is C17H17ClF3N3O. The van der Waals surface area contributed by atoms with Gasteiger partial charge in [-0.2, -0.15) is 13.2 Å². The second kappa shape index (κ2) is 7.58. The van der Waals surface area contributed by atoms with Crippen molar-refractivity contribution in [1.29, 1.82) is 0 Å². The highest BCUT2D eigenvalue weighted by atomic mass is 35.5. The Morgan fingerprint density at radius 1 is 1.20 bits per heavy atom. The third-order valence-corrected chi connectivity index (χ3v) is 4.21. The van der Waals surface area contributed by atoms with Crippen LogP contribution in [0.25, 0.3) is 0 Å². The van der Waals surface area contributed by atoms with Gasteiger partial charge < -0.3 is 9.64 Å². The van der Waals surface area contributed by atoms with E-state index in [1.807, 2.05) is 17.0 Å². The lowest BCUT2D eigenvalue weighted by atomic mass is 10.1. The molecule has 2 aromatic rings. The minimum Gasteiger partial charge on any atom is -0.370 e. The van der Waals surface area contributed by atoms with Gasteiger partial charge in [-0.15, -0.1) is 0 Å². The van der Waals surface area contributed by atoms with E-state index in [0.29, 0.717) is 36.4 Å². The number of nitrogens with zero attached hydrogens (tertiary/aromatic N) is 3. The van der Waals surface area contributed by atoms with Crippen molar-refractivity contribution in [3.05, 3.63) is 52.8 Å². The predicted octanol–water partition coefficient (Wildman–Crippen LogP) is 4.20. The number of benzene rings is 1. The Hall–Kier alpha value is -1.86. The SMILES string of the molecule is FC(F)(F)CCc1ccnc(N2CCO[C@@H](c3ccc(Cl)cc3)C2)n1. The molecule has 4 nitrogen and oxygen atoms in total. The lowest BCUT2D eigenvalue weighted by Crippen LogP contribution is -2.39. The standard InChI is InChI=1S/C17H17ClF3N3O/c18-13-3-1-12(2-4-13)15-11-24(9-10-25-15)16-22-8-6-14(23-16)5-7-17(19,20)21/h1-4,6,8,15H,5,7,9-11H2/t15-/m1/s1. The summed E-state index contributed by atoms with van der Waals surface area (Å²) in [6.07, 6.45) is -3.89. The van der Waals surface area contributed by atoms with E-state index in [-0.39, 0.29) is 12.5 Å². The first-order chi connectivity index (χ1) is 11.9. The lowest BCUT2D eigenvalue weighted by Gasteiger charge is -2.33. The zero-order valence-electron chi connectivity index (χ0n) is 13.3. The number of ether oxygens (including phenoxy) is 1. The van der Waals surface area contributed by atoms with Crippen LogP contribution >= 0.6 is 11.6 Å². The average Bonchev–Trinajstić information content (AvgIpc) is 2.60. The van der Waals surface area contributed by atoms with Crippen LogP contribution in [-0.4, -0.2) is 35.8 Å². The summed E-state index contributed by atoms with van der Waals surface area (Å²) < 4.78 is 42.9. The molecule has 1 atom stereocenters. The van der Waals surface area contributed by atoms with Crippen molar-refractivity contribution in [2.75, 3.05) is 24.6 Å². The molecule has 0 saturated carbocycles. The summed E-state index contributed by atoms with van der Waals surface area (Å²) in [6, 6.07) is 8.92. The molecule has 0 N–H and O–H groups in total. The number of morpholine rings is 1. The van der Waals surface area contributed by atoms with Gasteiger partial charge in [-0.3, -0.25) is 0 Å². The van der Waals surface area contributed by atoms with Crippen molar-refractivity contribution in [3.8, 4) is 0 Å². The van der Waals surface area contributed by atoms with E-state index < -0.39 is 12.6 Å². The van der Waals surface area contributed by atoms with Crippen molar-refractivity contribution in [2.45, 2.75) is 25.1 Å². The molecule has 25 heavy (non-hydrogen) atoms. The van der Waals surface area contributed by atoms with E-state index in [4.69, 9.17) is 16.3 Å². The van der Waals surface area contributed by atoms with Crippen molar-refractivity contribution >= 4 is 17.5 Å². The molecule has 3 rings (SSSR count). The number of hydrogen-bond acceptors (Lipinski definition) is 4. The number of aromatic nitrogens is 2. The molecule has 1 aromatic carbocycles. The van der Waals surface area contributed by atoms with Gasteiger partial charge in [0.2, 0.25) is 5.95 Å². The van der Waals surface area contributed by atoms with E-state index in [9.17, 15) is 13.2 Å². The second-order valence-electron chi connectivity index (χ2n) is 5.82. The summed E-state index contributed by atoms with van der Waals surface area (Å²) in [5, 5.41) is 0.650. The van der Waals surface area contributed by atoms with Gasteiger partial charge in [-0.25, -0.2) is 9.97 Å².